The molecule has 10 aromatic rings. The van der Waals surface area contributed by atoms with Crippen LogP contribution in [-0.2, 0) is 0 Å². The Balaban J connectivity index is 1.05. The molecule has 2 aliphatic heterocycles. The number of nitrogens with zero attached hydrogens (tertiary/aromatic N) is 1. The molecule has 0 unspecified atom stereocenters. The fraction of sp³-hybridized carbons (Fsp3) is 0. The lowest BCUT2D eigenvalue weighted by atomic mass is 9.57. The van der Waals surface area contributed by atoms with Crippen molar-refractivity contribution in [1.29, 1.82) is 0 Å². The van der Waals surface area contributed by atoms with E-state index in [9.17, 15) is 0 Å². The summed E-state index contributed by atoms with van der Waals surface area (Å²) in [6, 6.07) is 61.1. The van der Waals surface area contributed by atoms with Crippen LogP contribution in [-0.4, -0.2) is 10.6 Å². The highest BCUT2D eigenvalue weighted by atomic mass is 32.2. The third kappa shape index (κ3) is 4.26. The summed E-state index contributed by atoms with van der Waals surface area (Å²) in [5, 5.41) is 4.82. The van der Waals surface area contributed by atoms with Crippen molar-refractivity contribution < 1.29 is 9.15 Å². The van der Waals surface area contributed by atoms with Crippen LogP contribution >= 0.6 is 11.6 Å². The predicted octanol–water partition coefficient (Wildman–Crippen LogP) is 12.0. The number of furan rings is 1. The second-order valence-corrected chi connectivity index (χ2v) is 15.1. The minimum Gasteiger partial charge on any atom is -0.458 e. The van der Waals surface area contributed by atoms with Crippen molar-refractivity contribution >= 4 is 72.3 Å². The summed E-state index contributed by atoms with van der Waals surface area (Å²) in [5.41, 5.74) is 15.0. The highest BCUT2D eigenvalue weighted by Crippen LogP contribution is 2.47. The van der Waals surface area contributed by atoms with E-state index in [0.717, 1.165) is 50.3 Å². The molecule has 0 radical (unpaired) electrons. The van der Waals surface area contributed by atoms with Crippen LogP contribution in [0.25, 0.3) is 82.8 Å². The van der Waals surface area contributed by atoms with Gasteiger partial charge in [0.2, 0.25) is 0 Å². The van der Waals surface area contributed by atoms with Crippen LogP contribution in [0.15, 0.2) is 179 Å². The summed E-state index contributed by atoms with van der Waals surface area (Å²) in [7, 11) is 0. The summed E-state index contributed by atoms with van der Waals surface area (Å²) in [6.45, 7) is 0. The lowest BCUT2D eigenvalue weighted by Crippen LogP contribution is -2.46. The number of aromatic nitrogens is 1. The summed E-state index contributed by atoms with van der Waals surface area (Å²) < 4.78 is 15.4. The summed E-state index contributed by atoms with van der Waals surface area (Å²) >= 11 is 1.93. The molecule has 0 fully saturated rings. The summed E-state index contributed by atoms with van der Waals surface area (Å²) in [5.74, 6) is 1.98. The average Bonchev–Trinajstić information content (AvgIpc) is 3.77. The van der Waals surface area contributed by atoms with Crippen LogP contribution < -0.4 is 15.7 Å². The molecule has 0 saturated heterocycles. The number of ether oxygens (including phenoxy) is 1. The maximum absolute atomic E-state index is 6.76. The topological polar surface area (TPSA) is 27.3 Å². The molecule has 53 heavy (non-hydrogen) atoms. The first-order valence-corrected chi connectivity index (χ1v) is 18.9. The van der Waals surface area contributed by atoms with E-state index in [0.29, 0.717) is 0 Å². The molecule has 2 aliphatic rings. The normalized spacial score (nSPS) is 12.9. The highest BCUT2D eigenvalue weighted by Gasteiger charge is 2.38. The first kappa shape index (κ1) is 29.2. The molecule has 4 heterocycles. The molecule has 2 aromatic heterocycles. The van der Waals surface area contributed by atoms with Crippen molar-refractivity contribution in [2.24, 2.45) is 0 Å². The van der Waals surface area contributed by atoms with Gasteiger partial charge in [0.1, 0.15) is 22.7 Å². The smallest absolute Gasteiger partial charge is 0.289 e. The Labute approximate surface area is 310 Å². The Bertz CT molecular complexity index is 3100. The largest absolute Gasteiger partial charge is 0.458 e. The zero-order valence-electron chi connectivity index (χ0n) is 28.4. The van der Waals surface area contributed by atoms with Crippen LogP contribution in [0.5, 0.6) is 11.5 Å². The molecule has 8 aromatic carbocycles. The Morgan fingerprint density at radius 2 is 1.21 bits per heavy atom. The third-order valence-electron chi connectivity index (χ3n) is 11.1. The van der Waals surface area contributed by atoms with Gasteiger partial charge in [-0.1, -0.05) is 109 Å². The van der Waals surface area contributed by atoms with Crippen LogP contribution in [0, 0.1) is 0 Å². The van der Waals surface area contributed by atoms with Gasteiger partial charge in [-0.25, -0.2) is 0 Å². The molecule has 0 N–H and O–H groups in total. The maximum atomic E-state index is 6.76. The van der Waals surface area contributed by atoms with E-state index < -0.39 is 0 Å². The standard InChI is InChI=1S/C48H28BNO2S/c1-5-18-40-34(13-1)35-14-2-6-19-41(35)50(40)32-12-9-11-29(25-32)31-26-38-36-24-23-30(33-16-10-22-44-47(33)37-15-3-7-20-42(37)51-44)28-46(36)53-49-39-17-4-8-21-43(39)52-45(27-31)48(38)49/h1-28H. The monoisotopic (exact) mass is 693 g/mol. The van der Waals surface area contributed by atoms with E-state index in [4.69, 9.17) is 9.15 Å². The molecule has 0 aliphatic carbocycles. The Kier molecular flexibility index (Phi) is 6.08. The third-order valence-corrected chi connectivity index (χ3v) is 12.4. The van der Waals surface area contributed by atoms with Gasteiger partial charge in [0, 0.05) is 32.1 Å². The first-order valence-electron chi connectivity index (χ1n) is 18.0. The fourth-order valence-corrected chi connectivity index (χ4v) is 10.2. The van der Waals surface area contributed by atoms with E-state index in [1.165, 1.54) is 59.9 Å². The van der Waals surface area contributed by atoms with Gasteiger partial charge >= 0.3 is 0 Å². The number of fused-ring (bicyclic) bond motifs is 10. The van der Waals surface area contributed by atoms with Crippen molar-refractivity contribution in [3.05, 3.63) is 170 Å². The molecular formula is C48H28BNO2S. The van der Waals surface area contributed by atoms with Crippen LogP contribution in [0.2, 0.25) is 0 Å². The first-order chi connectivity index (χ1) is 26.3. The number of para-hydroxylation sites is 4. The van der Waals surface area contributed by atoms with Gasteiger partial charge in [0.15, 0.2) is 0 Å². The van der Waals surface area contributed by atoms with E-state index in [-0.39, 0.29) is 5.99 Å². The van der Waals surface area contributed by atoms with Crippen molar-refractivity contribution in [2.45, 2.75) is 4.90 Å². The highest BCUT2D eigenvalue weighted by molar-refractivity contribution is 8.28. The lowest BCUT2D eigenvalue weighted by Gasteiger charge is -2.33. The molecule has 246 valence electrons. The van der Waals surface area contributed by atoms with Crippen LogP contribution in [0.3, 0.4) is 0 Å². The average molecular weight is 694 g/mol. The number of rotatable bonds is 3. The van der Waals surface area contributed by atoms with Gasteiger partial charge < -0.3 is 13.7 Å². The molecule has 3 nitrogen and oxygen atoms in total. The quantitative estimate of drug-likeness (QED) is 0.172. The molecule has 0 spiro atoms. The molecule has 0 amide bonds. The molecule has 0 atom stereocenters. The van der Waals surface area contributed by atoms with E-state index in [1.54, 1.807) is 0 Å². The minimum atomic E-state index is 0.122. The molecule has 12 rings (SSSR count). The number of benzene rings is 8. The second kappa shape index (κ2) is 11.0. The fourth-order valence-electron chi connectivity index (χ4n) is 8.73. The minimum absolute atomic E-state index is 0.122. The van der Waals surface area contributed by atoms with E-state index in [1.807, 2.05) is 17.7 Å². The molecule has 5 heteroatoms. The van der Waals surface area contributed by atoms with Crippen LogP contribution in [0.4, 0.5) is 0 Å². The van der Waals surface area contributed by atoms with Crippen molar-refractivity contribution in [2.75, 3.05) is 0 Å². The van der Waals surface area contributed by atoms with Crippen LogP contribution in [0.1, 0.15) is 0 Å². The lowest BCUT2D eigenvalue weighted by molar-refractivity contribution is 0.488. The van der Waals surface area contributed by atoms with Crippen molar-refractivity contribution in [1.82, 2.24) is 4.57 Å². The second-order valence-electron chi connectivity index (χ2n) is 14.0. The van der Waals surface area contributed by atoms with Crippen molar-refractivity contribution in [3.8, 4) is 50.6 Å². The van der Waals surface area contributed by atoms with Gasteiger partial charge in [-0.05, 0) is 105 Å². The molecular weight excluding hydrogens is 665 g/mol. The zero-order valence-corrected chi connectivity index (χ0v) is 29.2. The maximum Gasteiger partial charge on any atom is 0.289 e. The van der Waals surface area contributed by atoms with Gasteiger partial charge in [-0.2, -0.15) is 11.6 Å². The molecule has 0 bridgehead atoms. The summed E-state index contributed by atoms with van der Waals surface area (Å²) in [4.78, 5) is 1.27. The number of hydrogen-bond donors (Lipinski definition) is 0. The van der Waals surface area contributed by atoms with Crippen molar-refractivity contribution in [3.63, 3.8) is 0 Å². The van der Waals surface area contributed by atoms with Gasteiger partial charge in [0.05, 0.1) is 11.0 Å². The van der Waals surface area contributed by atoms with Gasteiger partial charge in [-0.15, -0.1) is 0 Å². The van der Waals surface area contributed by atoms with Gasteiger partial charge in [0.25, 0.3) is 5.99 Å². The summed E-state index contributed by atoms with van der Waals surface area (Å²) in [6.07, 6.45) is 0. The van der Waals surface area contributed by atoms with Gasteiger partial charge in [-0.3, -0.25) is 0 Å². The SMILES string of the molecule is c1cc(-c2cc3c4c(c2)-c2ccc(-c5cccc6oc7ccccc7c56)cc2SB4c2ccccc2O3)cc(-n2c3ccccc3c3ccccc32)c1. The zero-order chi connectivity index (χ0) is 34.6. The molecule has 0 saturated carbocycles. The van der Waals surface area contributed by atoms with E-state index in [2.05, 4.69) is 168 Å². The number of hydrogen-bond acceptors (Lipinski definition) is 3. The predicted molar refractivity (Wildman–Crippen MR) is 222 cm³/mol. The Morgan fingerprint density at radius 1 is 0.472 bits per heavy atom. The van der Waals surface area contributed by atoms with E-state index >= 15 is 0 Å². The Morgan fingerprint density at radius 3 is 2.08 bits per heavy atom. The Hall–Kier alpha value is -6.43.